The number of nitrogens with zero attached hydrogens (tertiary/aromatic N) is 2. The Morgan fingerprint density at radius 3 is 2.39 bits per heavy atom. The number of hydrogen-bond acceptors (Lipinski definition) is 2. The van der Waals surface area contributed by atoms with Crippen molar-refractivity contribution in [2.75, 3.05) is 39.3 Å². The zero-order chi connectivity index (χ0) is 16.3. The average molecular weight is 315 g/mol. The van der Waals surface area contributed by atoms with Crippen molar-refractivity contribution in [2.24, 2.45) is 11.3 Å². The van der Waals surface area contributed by atoms with Crippen LogP contribution in [-0.2, 0) is 12.8 Å². The van der Waals surface area contributed by atoms with E-state index in [4.69, 9.17) is 0 Å². The second kappa shape index (κ2) is 7.36. The maximum atomic E-state index is 2.74. The molecule has 0 aromatic heterocycles. The van der Waals surface area contributed by atoms with Gasteiger partial charge in [0.05, 0.1) is 0 Å². The largest absolute Gasteiger partial charge is 0.303 e. The van der Waals surface area contributed by atoms with E-state index in [0.717, 1.165) is 5.92 Å². The molecule has 1 spiro atoms. The van der Waals surface area contributed by atoms with Crippen molar-refractivity contribution in [3.05, 3.63) is 35.4 Å². The van der Waals surface area contributed by atoms with Gasteiger partial charge in [0.25, 0.3) is 0 Å². The Labute approximate surface area is 142 Å². The van der Waals surface area contributed by atoms with Crippen LogP contribution in [0.1, 0.15) is 44.7 Å². The zero-order valence-electron chi connectivity index (χ0n) is 15.4. The highest BCUT2D eigenvalue weighted by atomic mass is 15.2. The first-order valence-electron chi connectivity index (χ1n) is 9.68. The highest BCUT2D eigenvalue weighted by molar-refractivity contribution is 5.34. The molecule has 1 fully saturated rings. The molecule has 1 aromatic rings. The minimum atomic E-state index is 0.535. The number of benzene rings is 1. The molecule has 128 valence electrons. The van der Waals surface area contributed by atoms with Crippen molar-refractivity contribution in [2.45, 2.75) is 46.5 Å². The summed E-state index contributed by atoms with van der Waals surface area (Å²) < 4.78 is 0. The lowest BCUT2D eigenvalue weighted by Gasteiger charge is -2.35. The lowest BCUT2D eigenvalue weighted by atomic mass is 9.71. The van der Waals surface area contributed by atoms with Crippen molar-refractivity contribution in [1.29, 1.82) is 0 Å². The van der Waals surface area contributed by atoms with Crippen LogP contribution < -0.4 is 0 Å². The minimum Gasteiger partial charge on any atom is -0.303 e. The molecule has 0 bridgehead atoms. The van der Waals surface area contributed by atoms with Gasteiger partial charge in [-0.1, -0.05) is 45.0 Å². The highest BCUT2D eigenvalue weighted by Crippen LogP contribution is 2.47. The molecule has 1 unspecified atom stereocenters. The third-order valence-electron chi connectivity index (χ3n) is 6.56. The predicted octanol–water partition coefficient (Wildman–Crippen LogP) is 3.85. The Morgan fingerprint density at radius 1 is 1.13 bits per heavy atom. The minimum absolute atomic E-state index is 0.535. The van der Waals surface area contributed by atoms with Gasteiger partial charge < -0.3 is 9.80 Å². The van der Waals surface area contributed by atoms with Crippen LogP contribution in [0.4, 0.5) is 0 Å². The lowest BCUT2D eigenvalue weighted by molar-refractivity contribution is 0.145. The van der Waals surface area contributed by atoms with E-state index in [9.17, 15) is 0 Å². The highest BCUT2D eigenvalue weighted by Gasteiger charge is 2.42. The molecule has 0 saturated carbocycles. The lowest BCUT2D eigenvalue weighted by Crippen LogP contribution is -2.39. The molecule has 1 aliphatic carbocycles. The molecule has 2 heteroatoms. The summed E-state index contributed by atoms with van der Waals surface area (Å²) >= 11 is 0. The molecule has 2 nitrogen and oxygen atoms in total. The Balaban J connectivity index is 1.62. The van der Waals surface area contributed by atoms with Crippen LogP contribution in [0.25, 0.3) is 0 Å². The third kappa shape index (κ3) is 3.64. The smallest absolute Gasteiger partial charge is 0.0109 e. The molecule has 0 amide bonds. The summed E-state index contributed by atoms with van der Waals surface area (Å²) in [5.41, 5.74) is 3.78. The van der Waals surface area contributed by atoms with E-state index in [1.54, 1.807) is 11.1 Å². The summed E-state index contributed by atoms with van der Waals surface area (Å²) in [6, 6.07) is 9.16. The fraction of sp³-hybridized carbons (Fsp3) is 0.714. The molecule has 1 aromatic carbocycles. The first-order valence-corrected chi connectivity index (χ1v) is 9.68. The fourth-order valence-electron chi connectivity index (χ4n) is 4.85. The average Bonchev–Trinajstić information content (AvgIpc) is 2.87. The molecule has 1 heterocycles. The SMILES string of the molecule is CCN(CC)CCN1CCCC2(Cc3ccccc3C2)C(C)C1. The van der Waals surface area contributed by atoms with E-state index in [2.05, 4.69) is 54.8 Å². The van der Waals surface area contributed by atoms with Crippen LogP contribution in [0.3, 0.4) is 0 Å². The normalized spacial score (nSPS) is 24.1. The number of rotatable bonds is 5. The van der Waals surface area contributed by atoms with E-state index < -0.39 is 0 Å². The summed E-state index contributed by atoms with van der Waals surface area (Å²) in [7, 11) is 0. The Bertz CT molecular complexity index is 481. The van der Waals surface area contributed by atoms with Gasteiger partial charge in [0, 0.05) is 19.6 Å². The van der Waals surface area contributed by atoms with Gasteiger partial charge >= 0.3 is 0 Å². The Hall–Kier alpha value is -0.860. The molecule has 0 radical (unpaired) electrons. The second-order valence-corrected chi connectivity index (χ2v) is 7.82. The van der Waals surface area contributed by atoms with E-state index in [1.165, 1.54) is 65.0 Å². The second-order valence-electron chi connectivity index (χ2n) is 7.82. The molecule has 1 aliphatic heterocycles. The van der Waals surface area contributed by atoms with Crippen LogP contribution in [0.2, 0.25) is 0 Å². The van der Waals surface area contributed by atoms with Gasteiger partial charge in [-0.15, -0.1) is 0 Å². The molecule has 3 rings (SSSR count). The molecular weight excluding hydrogens is 280 g/mol. The molecule has 0 N–H and O–H groups in total. The number of hydrogen-bond donors (Lipinski definition) is 0. The number of likely N-dealkylation sites (tertiary alicyclic amines) is 1. The predicted molar refractivity (Wildman–Crippen MR) is 98.9 cm³/mol. The number of likely N-dealkylation sites (N-methyl/N-ethyl adjacent to an activating group) is 1. The van der Waals surface area contributed by atoms with Crippen molar-refractivity contribution in [3.63, 3.8) is 0 Å². The van der Waals surface area contributed by atoms with Crippen LogP contribution in [0.5, 0.6) is 0 Å². The van der Waals surface area contributed by atoms with Gasteiger partial charge in [-0.2, -0.15) is 0 Å². The molecule has 23 heavy (non-hydrogen) atoms. The van der Waals surface area contributed by atoms with Crippen molar-refractivity contribution >= 4 is 0 Å². The van der Waals surface area contributed by atoms with Crippen molar-refractivity contribution in [3.8, 4) is 0 Å². The van der Waals surface area contributed by atoms with Crippen LogP contribution in [0, 0.1) is 11.3 Å². The van der Waals surface area contributed by atoms with Crippen molar-refractivity contribution in [1.82, 2.24) is 9.80 Å². The Morgan fingerprint density at radius 2 is 1.78 bits per heavy atom. The van der Waals surface area contributed by atoms with Gasteiger partial charge in [0.1, 0.15) is 0 Å². The van der Waals surface area contributed by atoms with Crippen molar-refractivity contribution < 1.29 is 0 Å². The first-order chi connectivity index (χ1) is 11.2. The maximum absolute atomic E-state index is 2.74. The quantitative estimate of drug-likeness (QED) is 0.814. The molecular formula is C21H34N2. The summed E-state index contributed by atoms with van der Waals surface area (Å²) in [6.07, 6.45) is 5.41. The monoisotopic (exact) mass is 314 g/mol. The van der Waals surface area contributed by atoms with E-state index >= 15 is 0 Å². The standard InChI is InChI=1S/C21H34N2/c1-4-22(5-2)13-14-23-12-8-11-21(18(3)17-23)15-19-9-6-7-10-20(19)16-21/h6-7,9-10,18H,4-5,8,11-17H2,1-3H3. The van der Waals surface area contributed by atoms with Gasteiger partial charge in [0.15, 0.2) is 0 Å². The molecule has 1 saturated heterocycles. The van der Waals surface area contributed by atoms with E-state index in [0.29, 0.717) is 5.41 Å². The topological polar surface area (TPSA) is 6.48 Å². The maximum Gasteiger partial charge on any atom is 0.0109 e. The van der Waals surface area contributed by atoms with Crippen LogP contribution in [-0.4, -0.2) is 49.1 Å². The summed E-state index contributed by atoms with van der Waals surface area (Å²) in [4.78, 5) is 5.29. The van der Waals surface area contributed by atoms with E-state index in [-0.39, 0.29) is 0 Å². The van der Waals surface area contributed by atoms with Gasteiger partial charge in [-0.25, -0.2) is 0 Å². The Kier molecular flexibility index (Phi) is 5.43. The summed E-state index contributed by atoms with van der Waals surface area (Å²) in [5, 5.41) is 0. The zero-order valence-corrected chi connectivity index (χ0v) is 15.4. The molecule has 2 aliphatic rings. The van der Waals surface area contributed by atoms with Gasteiger partial charge in [0.2, 0.25) is 0 Å². The van der Waals surface area contributed by atoms with E-state index in [1.807, 2.05) is 0 Å². The summed E-state index contributed by atoms with van der Waals surface area (Å²) in [6.45, 7) is 14.5. The third-order valence-corrected chi connectivity index (χ3v) is 6.56. The molecule has 1 atom stereocenters. The van der Waals surface area contributed by atoms with Crippen LogP contribution in [0.15, 0.2) is 24.3 Å². The number of fused-ring (bicyclic) bond motifs is 1. The van der Waals surface area contributed by atoms with Crippen LogP contribution >= 0.6 is 0 Å². The summed E-state index contributed by atoms with van der Waals surface area (Å²) in [5.74, 6) is 0.800. The van der Waals surface area contributed by atoms with Gasteiger partial charge in [-0.3, -0.25) is 0 Å². The van der Waals surface area contributed by atoms with Gasteiger partial charge in [-0.05, 0) is 67.8 Å². The fourth-order valence-corrected chi connectivity index (χ4v) is 4.85. The first kappa shape index (κ1) is 17.0.